The Morgan fingerprint density at radius 1 is 1.50 bits per heavy atom. The van der Waals surface area contributed by atoms with Crippen molar-refractivity contribution in [3.8, 4) is 0 Å². The third kappa shape index (κ3) is 1.92. The number of oxime groups is 1. The van der Waals surface area contributed by atoms with Crippen molar-refractivity contribution in [3.63, 3.8) is 0 Å². The van der Waals surface area contributed by atoms with Crippen LogP contribution in [0.2, 0.25) is 0 Å². The van der Waals surface area contributed by atoms with Gasteiger partial charge in [0, 0.05) is 18.5 Å². The number of halogens is 2. The molecular formula is C11H10F2N2O3. The van der Waals surface area contributed by atoms with Crippen molar-refractivity contribution in [2.24, 2.45) is 10.9 Å². The van der Waals surface area contributed by atoms with E-state index in [1.54, 1.807) is 0 Å². The summed E-state index contributed by atoms with van der Waals surface area (Å²) in [4.78, 5) is 15.9. The molecule has 1 aliphatic rings. The van der Waals surface area contributed by atoms with Crippen LogP contribution >= 0.6 is 0 Å². The summed E-state index contributed by atoms with van der Waals surface area (Å²) in [6.45, 7) is -0.265. The van der Waals surface area contributed by atoms with E-state index in [0.29, 0.717) is 0 Å². The van der Waals surface area contributed by atoms with E-state index in [9.17, 15) is 13.6 Å². The molecule has 18 heavy (non-hydrogen) atoms. The van der Waals surface area contributed by atoms with Gasteiger partial charge in [-0.05, 0) is 18.2 Å². The predicted octanol–water partition coefficient (Wildman–Crippen LogP) is 0.871. The number of carboxylic acids is 1. The topological polar surface area (TPSA) is 84.9 Å². The van der Waals surface area contributed by atoms with Gasteiger partial charge in [-0.1, -0.05) is 5.16 Å². The fourth-order valence-electron chi connectivity index (χ4n) is 1.62. The standard InChI is InChI=1S/C11H10F2N2O3/c12-7-2-1-6(3-8(7)13)9-4-11(5-14,10(16)17)18-15-9/h1-3H,4-5,14H2,(H,16,17). The molecule has 0 aliphatic carbocycles. The fourth-order valence-corrected chi connectivity index (χ4v) is 1.62. The molecular weight excluding hydrogens is 246 g/mol. The van der Waals surface area contributed by atoms with Crippen LogP contribution in [0.3, 0.4) is 0 Å². The third-order valence-corrected chi connectivity index (χ3v) is 2.76. The first kappa shape index (κ1) is 12.4. The highest BCUT2D eigenvalue weighted by molar-refractivity contribution is 6.04. The summed E-state index contributed by atoms with van der Waals surface area (Å²) in [6.07, 6.45) is -0.0933. The van der Waals surface area contributed by atoms with Gasteiger partial charge in [0.05, 0.1) is 5.71 Å². The number of nitrogens with two attached hydrogens (primary N) is 1. The van der Waals surface area contributed by atoms with E-state index in [-0.39, 0.29) is 24.2 Å². The molecule has 0 spiro atoms. The number of hydrogen-bond acceptors (Lipinski definition) is 4. The van der Waals surface area contributed by atoms with Crippen molar-refractivity contribution in [1.82, 2.24) is 0 Å². The molecule has 1 atom stereocenters. The Balaban J connectivity index is 2.27. The van der Waals surface area contributed by atoms with Crippen LogP contribution in [0.25, 0.3) is 0 Å². The Bertz CT molecular complexity index is 533. The van der Waals surface area contributed by atoms with E-state index in [2.05, 4.69) is 5.16 Å². The number of carbonyl (C=O) groups is 1. The van der Waals surface area contributed by atoms with E-state index in [1.165, 1.54) is 6.07 Å². The third-order valence-electron chi connectivity index (χ3n) is 2.76. The van der Waals surface area contributed by atoms with Crippen molar-refractivity contribution in [2.75, 3.05) is 6.54 Å². The fraction of sp³-hybridized carbons (Fsp3) is 0.273. The van der Waals surface area contributed by atoms with Crippen LogP contribution in [0.4, 0.5) is 8.78 Å². The zero-order chi connectivity index (χ0) is 13.3. The van der Waals surface area contributed by atoms with Gasteiger partial charge in [0.2, 0.25) is 0 Å². The maximum Gasteiger partial charge on any atom is 0.352 e. The van der Waals surface area contributed by atoms with Crippen molar-refractivity contribution in [1.29, 1.82) is 0 Å². The zero-order valence-electron chi connectivity index (χ0n) is 9.19. The maximum absolute atomic E-state index is 13.1. The summed E-state index contributed by atoms with van der Waals surface area (Å²) in [5, 5.41) is 12.6. The molecule has 1 aliphatic heterocycles. The minimum absolute atomic E-state index is 0.0933. The molecule has 7 heteroatoms. The van der Waals surface area contributed by atoms with Gasteiger partial charge in [-0.25, -0.2) is 13.6 Å². The Hall–Kier alpha value is -2.02. The summed E-state index contributed by atoms with van der Waals surface area (Å²) in [5.41, 5.74) is 4.22. The van der Waals surface area contributed by atoms with Crippen LogP contribution in [-0.4, -0.2) is 28.9 Å². The van der Waals surface area contributed by atoms with Gasteiger partial charge in [-0.2, -0.15) is 0 Å². The highest BCUT2D eigenvalue weighted by atomic mass is 19.2. The van der Waals surface area contributed by atoms with Gasteiger partial charge in [0.25, 0.3) is 5.60 Å². The van der Waals surface area contributed by atoms with Crippen LogP contribution in [0.1, 0.15) is 12.0 Å². The van der Waals surface area contributed by atoms with E-state index < -0.39 is 23.2 Å². The normalized spacial score (nSPS) is 22.5. The van der Waals surface area contributed by atoms with Crippen molar-refractivity contribution >= 4 is 11.7 Å². The summed E-state index contributed by atoms with van der Waals surface area (Å²) >= 11 is 0. The lowest BCUT2D eigenvalue weighted by Gasteiger charge is -2.18. The first-order valence-corrected chi connectivity index (χ1v) is 5.12. The van der Waals surface area contributed by atoms with Gasteiger partial charge >= 0.3 is 5.97 Å². The zero-order valence-corrected chi connectivity index (χ0v) is 9.19. The molecule has 0 aromatic heterocycles. The summed E-state index contributed by atoms with van der Waals surface area (Å²) in [7, 11) is 0. The van der Waals surface area contributed by atoms with Crippen molar-refractivity contribution < 1.29 is 23.5 Å². The van der Waals surface area contributed by atoms with Crippen LogP contribution < -0.4 is 5.73 Å². The summed E-state index contributed by atoms with van der Waals surface area (Å²) in [5.74, 6) is -3.26. The lowest BCUT2D eigenvalue weighted by molar-refractivity contribution is -0.161. The number of aliphatic carboxylic acids is 1. The summed E-state index contributed by atoms with van der Waals surface area (Å²) in [6, 6.07) is 3.18. The van der Waals surface area contributed by atoms with Gasteiger partial charge < -0.3 is 15.7 Å². The number of carboxylic acid groups (broad SMARTS) is 1. The lowest BCUT2D eigenvalue weighted by Crippen LogP contribution is -2.45. The molecule has 1 unspecified atom stereocenters. The lowest BCUT2D eigenvalue weighted by atomic mass is 9.94. The van der Waals surface area contributed by atoms with Crippen molar-refractivity contribution in [2.45, 2.75) is 12.0 Å². The molecule has 2 rings (SSSR count). The molecule has 96 valence electrons. The number of hydrogen-bond donors (Lipinski definition) is 2. The molecule has 5 nitrogen and oxygen atoms in total. The van der Waals surface area contributed by atoms with E-state index in [1.807, 2.05) is 0 Å². The first-order chi connectivity index (χ1) is 8.48. The average Bonchev–Trinajstić information content (AvgIpc) is 2.78. The minimum atomic E-state index is -1.62. The molecule has 0 radical (unpaired) electrons. The molecule has 1 aromatic rings. The Morgan fingerprint density at radius 3 is 2.72 bits per heavy atom. The molecule has 0 saturated carbocycles. The Morgan fingerprint density at radius 2 is 2.22 bits per heavy atom. The monoisotopic (exact) mass is 256 g/mol. The van der Waals surface area contributed by atoms with Crippen LogP contribution in [0.5, 0.6) is 0 Å². The highest BCUT2D eigenvalue weighted by Gasteiger charge is 2.46. The largest absolute Gasteiger partial charge is 0.478 e. The van der Waals surface area contributed by atoms with Crippen LogP contribution in [-0.2, 0) is 9.63 Å². The minimum Gasteiger partial charge on any atom is -0.478 e. The molecule has 1 heterocycles. The van der Waals surface area contributed by atoms with Gasteiger partial charge in [0.1, 0.15) is 0 Å². The van der Waals surface area contributed by atoms with Crippen LogP contribution in [0, 0.1) is 11.6 Å². The van der Waals surface area contributed by atoms with E-state index >= 15 is 0 Å². The predicted molar refractivity (Wildman–Crippen MR) is 58.0 cm³/mol. The quantitative estimate of drug-likeness (QED) is 0.840. The van der Waals surface area contributed by atoms with Crippen molar-refractivity contribution in [3.05, 3.63) is 35.4 Å². The highest BCUT2D eigenvalue weighted by Crippen LogP contribution is 2.27. The van der Waals surface area contributed by atoms with Crippen LogP contribution in [0.15, 0.2) is 23.4 Å². The maximum atomic E-state index is 13.1. The first-order valence-electron chi connectivity index (χ1n) is 5.12. The van der Waals surface area contributed by atoms with E-state index in [0.717, 1.165) is 12.1 Å². The molecule has 0 amide bonds. The number of benzene rings is 1. The molecule has 0 bridgehead atoms. The van der Waals surface area contributed by atoms with Gasteiger partial charge in [-0.3, -0.25) is 0 Å². The Labute approximate surface area is 101 Å². The van der Waals surface area contributed by atoms with Gasteiger partial charge in [0.15, 0.2) is 11.6 Å². The average molecular weight is 256 g/mol. The second-order valence-corrected chi connectivity index (χ2v) is 3.94. The van der Waals surface area contributed by atoms with Gasteiger partial charge in [-0.15, -0.1) is 0 Å². The SMILES string of the molecule is NCC1(C(=O)O)CC(c2ccc(F)c(F)c2)=NO1. The molecule has 0 saturated heterocycles. The second-order valence-electron chi connectivity index (χ2n) is 3.94. The van der Waals surface area contributed by atoms with E-state index in [4.69, 9.17) is 15.7 Å². The number of rotatable bonds is 3. The molecule has 0 fully saturated rings. The summed E-state index contributed by atoms with van der Waals surface area (Å²) < 4.78 is 25.8. The second kappa shape index (κ2) is 4.34. The number of nitrogens with zero attached hydrogens (tertiary/aromatic N) is 1. The smallest absolute Gasteiger partial charge is 0.352 e. The molecule has 3 N–H and O–H groups in total. The Kier molecular flexibility index (Phi) is 3.00. The molecule has 1 aromatic carbocycles.